The minimum Gasteiger partial charge on any atom is -0.481 e. The van der Waals surface area contributed by atoms with Crippen LogP contribution in [0.4, 0.5) is 10.1 Å². The number of carbonyl (C=O) groups is 2. The van der Waals surface area contributed by atoms with E-state index in [1.54, 1.807) is 17.0 Å². The summed E-state index contributed by atoms with van der Waals surface area (Å²) in [5.74, 6) is -1.98. The third-order valence-electron chi connectivity index (χ3n) is 5.80. The molecule has 3 rings (SSSR count). The zero-order valence-electron chi connectivity index (χ0n) is 16.2. The molecule has 2 aliphatic rings. The van der Waals surface area contributed by atoms with Gasteiger partial charge in [-0.1, -0.05) is 0 Å². The monoisotopic (exact) mass is 393 g/mol. The number of amides is 1. The molecule has 7 nitrogen and oxygen atoms in total. The van der Waals surface area contributed by atoms with Crippen LogP contribution in [0.2, 0.25) is 0 Å². The summed E-state index contributed by atoms with van der Waals surface area (Å²) in [4.78, 5) is 28.9. The minimum absolute atomic E-state index is 0.126. The molecule has 0 spiro atoms. The average Bonchev–Trinajstić information content (AvgIpc) is 2.86. The predicted octanol–water partition coefficient (Wildman–Crippen LogP) is 1.02. The van der Waals surface area contributed by atoms with E-state index >= 15 is 0 Å². The number of piperidine rings is 1. The molecule has 2 fully saturated rings. The SMILES string of the molecule is CC(=O)N1CCN(CC2(O)CCN(c3ccc(F)cc3)CC2)CC(C(=O)O)C1. The van der Waals surface area contributed by atoms with Crippen molar-refractivity contribution in [1.29, 1.82) is 0 Å². The number of hydrogen-bond acceptors (Lipinski definition) is 5. The van der Waals surface area contributed by atoms with Crippen LogP contribution in [-0.2, 0) is 9.59 Å². The van der Waals surface area contributed by atoms with Gasteiger partial charge in [0.15, 0.2) is 0 Å². The Morgan fingerprint density at radius 1 is 1.11 bits per heavy atom. The summed E-state index contributed by atoms with van der Waals surface area (Å²) in [5.41, 5.74) is 0.0339. The molecule has 0 saturated carbocycles. The number of benzene rings is 1. The summed E-state index contributed by atoms with van der Waals surface area (Å²) in [5, 5.41) is 20.5. The van der Waals surface area contributed by atoms with Gasteiger partial charge < -0.3 is 20.0 Å². The van der Waals surface area contributed by atoms with E-state index < -0.39 is 17.5 Å². The smallest absolute Gasteiger partial charge is 0.309 e. The Morgan fingerprint density at radius 3 is 2.32 bits per heavy atom. The highest BCUT2D eigenvalue weighted by Gasteiger charge is 2.37. The van der Waals surface area contributed by atoms with Crippen LogP contribution in [0.15, 0.2) is 24.3 Å². The largest absolute Gasteiger partial charge is 0.481 e. The van der Waals surface area contributed by atoms with Gasteiger partial charge in [0, 0.05) is 58.4 Å². The second kappa shape index (κ2) is 8.45. The molecule has 1 amide bonds. The number of nitrogens with zero attached hydrogens (tertiary/aromatic N) is 3. The van der Waals surface area contributed by atoms with Gasteiger partial charge >= 0.3 is 5.97 Å². The summed E-state index contributed by atoms with van der Waals surface area (Å²) in [6.45, 7) is 4.69. The lowest BCUT2D eigenvalue weighted by Crippen LogP contribution is -2.52. The van der Waals surface area contributed by atoms with Crippen molar-refractivity contribution in [2.45, 2.75) is 25.4 Å². The third kappa shape index (κ3) is 4.99. The van der Waals surface area contributed by atoms with Gasteiger partial charge in [0.25, 0.3) is 0 Å². The van der Waals surface area contributed by atoms with Crippen molar-refractivity contribution in [3.05, 3.63) is 30.1 Å². The van der Waals surface area contributed by atoms with E-state index in [4.69, 9.17) is 0 Å². The maximum Gasteiger partial charge on any atom is 0.309 e. The van der Waals surface area contributed by atoms with Crippen LogP contribution in [0.3, 0.4) is 0 Å². The van der Waals surface area contributed by atoms with Gasteiger partial charge in [0.05, 0.1) is 11.5 Å². The number of hydrogen-bond donors (Lipinski definition) is 2. The molecule has 0 aliphatic carbocycles. The van der Waals surface area contributed by atoms with Gasteiger partial charge in [-0.25, -0.2) is 4.39 Å². The molecule has 28 heavy (non-hydrogen) atoms. The van der Waals surface area contributed by atoms with Gasteiger partial charge in [0.1, 0.15) is 5.82 Å². The first-order chi connectivity index (χ1) is 13.3. The second-order valence-corrected chi connectivity index (χ2v) is 7.92. The Bertz CT molecular complexity index is 704. The number of carbonyl (C=O) groups excluding carboxylic acids is 1. The first-order valence-corrected chi connectivity index (χ1v) is 9.69. The average molecular weight is 393 g/mol. The highest BCUT2D eigenvalue weighted by molar-refractivity contribution is 5.75. The quantitative estimate of drug-likeness (QED) is 0.795. The minimum atomic E-state index is -0.920. The van der Waals surface area contributed by atoms with Crippen molar-refractivity contribution >= 4 is 17.6 Å². The van der Waals surface area contributed by atoms with Gasteiger partial charge in [-0.2, -0.15) is 0 Å². The van der Waals surface area contributed by atoms with E-state index in [0.717, 1.165) is 5.69 Å². The van der Waals surface area contributed by atoms with Crippen LogP contribution in [0, 0.1) is 11.7 Å². The van der Waals surface area contributed by atoms with Crippen molar-refractivity contribution in [1.82, 2.24) is 9.80 Å². The molecule has 1 unspecified atom stereocenters. The van der Waals surface area contributed by atoms with E-state index in [-0.39, 0.29) is 18.3 Å². The zero-order chi connectivity index (χ0) is 20.3. The van der Waals surface area contributed by atoms with Gasteiger partial charge in [-0.15, -0.1) is 0 Å². The lowest BCUT2D eigenvalue weighted by molar-refractivity contribution is -0.143. The molecule has 2 saturated heterocycles. The molecular weight excluding hydrogens is 365 g/mol. The molecule has 154 valence electrons. The van der Waals surface area contributed by atoms with Crippen LogP contribution >= 0.6 is 0 Å². The van der Waals surface area contributed by atoms with Crippen molar-refractivity contribution in [3.8, 4) is 0 Å². The molecule has 8 heteroatoms. The van der Waals surface area contributed by atoms with Crippen LogP contribution < -0.4 is 4.90 Å². The van der Waals surface area contributed by atoms with E-state index in [9.17, 15) is 24.2 Å². The van der Waals surface area contributed by atoms with Crippen molar-refractivity contribution < 1.29 is 24.2 Å². The Morgan fingerprint density at radius 2 is 1.75 bits per heavy atom. The summed E-state index contributed by atoms with van der Waals surface area (Å²) in [6, 6.07) is 6.34. The van der Waals surface area contributed by atoms with Crippen molar-refractivity contribution in [2.75, 3.05) is 50.7 Å². The maximum absolute atomic E-state index is 13.1. The zero-order valence-corrected chi connectivity index (χ0v) is 16.2. The van der Waals surface area contributed by atoms with E-state index in [1.807, 2.05) is 4.90 Å². The molecule has 0 bridgehead atoms. The molecule has 0 radical (unpaired) electrons. The molecule has 0 aromatic heterocycles. The Balaban J connectivity index is 1.60. The highest BCUT2D eigenvalue weighted by atomic mass is 19.1. The number of carboxylic acid groups (broad SMARTS) is 1. The predicted molar refractivity (Wildman–Crippen MR) is 103 cm³/mol. The Hall–Kier alpha value is -2.19. The molecule has 2 N–H and O–H groups in total. The number of β-amino-alcohol motifs (C(OH)–C–C–N with tert-alkyl or cyclic N) is 1. The second-order valence-electron chi connectivity index (χ2n) is 7.92. The van der Waals surface area contributed by atoms with E-state index in [1.165, 1.54) is 19.1 Å². The van der Waals surface area contributed by atoms with Gasteiger partial charge in [0.2, 0.25) is 5.91 Å². The molecule has 1 atom stereocenters. The normalized spacial score (nSPS) is 23.3. The van der Waals surface area contributed by atoms with Crippen molar-refractivity contribution in [3.63, 3.8) is 0 Å². The van der Waals surface area contributed by atoms with Crippen LogP contribution in [0.5, 0.6) is 0 Å². The Kier molecular flexibility index (Phi) is 6.20. The fraction of sp³-hybridized carbons (Fsp3) is 0.600. The lowest BCUT2D eigenvalue weighted by atomic mass is 9.90. The summed E-state index contributed by atoms with van der Waals surface area (Å²) < 4.78 is 13.1. The summed E-state index contributed by atoms with van der Waals surface area (Å²) in [7, 11) is 0. The number of aliphatic hydroxyl groups is 1. The fourth-order valence-electron chi connectivity index (χ4n) is 4.07. The highest BCUT2D eigenvalue weighted by Crippen LogP contribution is 2.28. The molecule has 1 aromatic carbocycles. The molecule has 2 heterocycles. The number of carboxylic acids is 1. The van der Waals surface area contributed by atoms with E-state index in [2.05, 4.69) is 4.90 Å². The van der Waals surface area contributed by atoms with Crippen LogP contribution in [0.25, 0.3) is 0 Å². The standard InChI is InChI=1S/C20H28FN3O4/c1-15(25)24-11-10-22(12-16(13-24)19(26)27)14-20(28)6-8-23(9-7-20)18-4-2-17(21)3-5-18/h2-5,16,28H,6-14H2,1H3,(H,26,27). The van der Waals surface area contributed by atoms with Crippen LogP contribution in [-0.4, -0.2) is 83.3 Å². The number of aliphatic carboxylic acids is 1. The van der Waals surface area contributed by atoms with E-state index in [0.29, 0.717) is 52.1 Å². The molecule has 1 aromatic rings. The molecule has 2 aliphatic heterocycles. The van der Waals surface area contributed by atoms with Gasteiger partial charge in [-0.3, -0.25) is 14.5 Å². The molecular formula is C20H28FN3O4. The number of anilines is 1. The number of rotatable bonds is 4. The van der Waals surface area contributed by atoms with Crippen LogP contribution in [0.1, 0.15) is 19.8 Å². The fourth-order valence-corrected chi connectivity index (χ4v) is 4.07. The third-order valence-corrected chi connectivity index (χ3v) is 5.80. The topological polar surface area (TPSA) is 84.3 Å². The summed E-state index contributed by atoms with van der Waals surface area (Å²) in [6.07, 6.45) is 1.10. The lowest BCUT2D eigenvalue weighted by Gasteiger charge is -2.41. The maximum atomic E-state index is 13.1. The van der Waals surface area contributed by atoms with Gasteiger partial charge in [-0.05, 0) is 37.1 Å². The first-order valence-electron chi connectivity index (χ1n) is 9.69. The summed E-state index contributed by atoms with van der Waals surface area (Å²) >= 11 is 0. The Labute approximate surface area is 164 Å². The number of halogens is 1. The first kappa shape index (κ1) is 20.5. The van der Waals surface area contributed by atoms with Crippen molar-refractivity contribution in [2.24, 2.45) is 5.92 Å².